The van der Waals surface area contributed by atoms with Gasteiger partial charge in [-0.1, -0.05) is 6.07 Å². The summed E-state index contributed by atoms with van der Waals surface area (Å²) in [6.45, 7) is 2.17. The maximum Gasteiger partial charge on any atom is 0.231 e. The molecule has 27 heavy (non-hydrogen) atoms. The Balaban J connectivity index is 1.79. The van der Waals surface area contributed by atoms with Gasteiger partial charge in [-0.3, -0.25) is 9.59 Å². The lowest BCUT2D eigenvalue weighted by atomic mass is 10.1. The molecule has 2 amide bonds. The van der Waals surface area contributed by atoms with Crippen molar-refractivity contribution in [3.05, 3.63) is 46.1 Å². The number of benzene rings is 1. The maximum atomic E-state index is 12.6. The zero-order chi connectivity index (χ0) is 19.6. The van der Waals surface area contributed by atoms with Gasteiger partial charge in [-0.2, -0.15) is 5.26 Å². The Hall–Kier alpha value is -2.92. The molecule has 138 valence electrons. The van der Waals surface area contributed by atoms with E-state index in [0.29, 0.717) is 15.9 Å². The number of carbonyl (C=O) groups excluding carboxylic acids is 2. The Kier molecular flexibility index (Phi) is 5.42. The molecule has 2 aromatic rings. The number of methoxy groups -OCH3 is 1. The van der Waals surface area contributed by atoms with E-state index in [-0.39, 0.29) is 36.2 Å². The molecule has 2 heterocycles. The molecule has 0 unspecified atom stereocenters. The molecule has 0 radical (unpaired) electrons. The summed E-state index contributed by atoms with van der Waals surface area (Å²) >= 11 is 3.24. The topological polar surface area (TPSA) is 95.3 Å². The number of anilines is 2. The van der Waals surface area contributed by atoms with Gasteiger partial charge in [-0.15, -0.1) is 0 Å². The number of pyridine rings is 1. The summed E-state index contributed by atoms with van der Waals surface area (Å²) in [5.74, 6) is -0.270. The lowest BCUT2D eigenvalue weighted by Gasteiger charge is -2.20. The summed E-state index contributed by atoms with van der Waals surface area (Å²) < 4.78 is 5.99. The van der Waals surface area contributed by atoms with Gasteiger partial charge in [-0.25, -0.2) is 4.98 Å². The first-order chi connectivity index (χ1) is 12.9. The molecule has 8 heteroatoms. The van der Waals surface area contributed by atoms with E-state index < -0.39 is 5.92 Å². The average Bonchev–Trinajstić information content (AvgIpc) is 3.04. The number of rotatable bonds is 4. The highest BCUT2D eigenvalue weighted by molar-refractivity contribution is 9.10. The third kappa shape index (κ3) is 3.93. The van der Waals surface area contributed by atoms with Crippen LogP contribution in [0.15, 0.2) is 34.9 Å². The van der Waals surface area contributed by atoms with Crippen molar-refractivity contribution in [2.45, 2.75) is 13.3 Å². The van der Waals surface area contributed by atoms with Crippen molar-refractivity contribution in [3.8, 4) is 11.8 Å². The summed E-state index contributed by atoms with van der Waals surface area (Å²) in [7, 11) is 1.54. The van der Waals surface area contributed by atoms with Crippen LogP contribution in [0.1, 0.15) is 17.5 Å². The molecule has 0 aliphatic carbocycles. The summed E-state index contributed by atoms with van der Waals surface area (Å²) in [6.07, 6.45) is 1.58. The Bertz CT molecular complexity index is 954. The van der Waals surface area contributed by atoms with Crippen LogP contribution in [-0.2, 0) is 9.59 Å². The van der Waals surface area contributed by atoms with E-state index in [1.807, 2.05) is 25.1 Å². The number of nitrogens with zero attached hydrogens (tertiary/aromatic N) is 3. The van der Waals surface area contributed by atoms with E-state index in [1.54, 1.807) is 24.1 Å². The van der Waals surface area contributed by atoms with Crippen LogP contribution in [0.25, 0.3) is 0 Å². The monoisotopic (exact) mass is 428 g/mol. The third-order valence-electron chi connectivity index (χ3n) is 4.34. The summed E-state index contributed by atoms with van der Waals surface area (Å²) in [5, 5.41) is 11.9. The second-order valence-corrected chi connectivity index (χ2v) is 7.15. The molecule has 0 bridgehead atoms. The van der Waals surface area contributed by atoms with E-state index in [9.17, 15) is 14.9 Å². The smallest absolute Gasteiger partial charge is 0.231 e. The number of aryl methyl sites for hydroxylation is 1. The van der Waals surface area contributed by atoms with E-state index in [4.69, 9.17) is 4.74 Å². The maximum absolute atomic E-state index is 12.6. The van der Waals surface area contributed by atoms with Crippen LogP contribution in [0.5, 0.6) is 5.75 Å². The van der Waals surface area contributed by atoms with E-state index in [2.05, 4.69) is 26.2 Å². The number of ether oxygens (including phenoxy) is 1. The van der Waals surface area contributed by atoms with Gasteiger partial charge in [-0.05, 0) is 46.6 Å². The molecule has 1 aromatic carbocycles. The standard InChI is InChI=1S/C19H17BrN4O3/c1-11-3-4-16(27-2)15(5-11)24-10-13(7-17(24)25)19(26)23-18-12(8-21)6-14(20)9-22-18/h3-6,9,13H,7,10H2,1-2H3,(H,22,23,26)/t13-/m0/s1. The van der Waals surface area contributed by atoms with Crippen LogP contribution in [0.4, 0.5) is 11.5 Å². The molecule has 1 saturated heterocycles. The molecule has 1 atom stereocenters. The minimum atomic E-state index is -0.542. The lowest BCUT2D eigenvalue weighted by Crippen LogP contribution is -2.28. The molecular formula is C19H17BrN4O3. The number of hydrogen-bond acceptors (Lipinski definition) is 5. The normalized spacial score (nSPS) is 16.1. The Morgan fingerprint density at radius 2 is 2.22 bits per heavy atom. The first kappa shape index (κ1) is 18.9. The summed E-state index contributed by atoms with van der Waals surface area (Å²) in [6, 6.07) is 9.13. The summed E-state index contributed by atoms with van der Waals surface area (Å²) in [5.41, 5.74) is 1.89. The molecule has 1 aliphatic rings. The Morgan fingerprint density at radius 1 is 1.44 bits per heavy atom. The van der Waals surface area contributed by atoms with Gasteiger partial charge in [0, 0.05) is 23.6 Å². The first-order valence-electron chi connectivity index (χ1n) is 8.24. The predicted octanol–water partition coefficient (Wildman–Crippen LogP) is 3.02. The van der Waals surface area contributed by atoms with E-state index in [0.717, 1.165) is 5.56 Å². The van der Waals surface area contributed by atoms with Gasteiger partial charge in [0.2, 0.25) is 11.8 Å². The fourth-order valence-corrected chi connectivity index (χ4v) is 3.30. The van der Waals surface area contributed by atoms with Crippen LogP contribution in [0.2, 0.25) is 0 Å². The molecule has 1 N–H and O–H groups in total. The zero-order valence-corrected chi connectivity index (χ0v) is 16.4. The number of carbonyl (C=O) groups is 2. The Labute approximate surface area is 165 Å². The second-order valence-electron chi connectivity index (χ2n) is 6.23. The molecule has 1 aliphatic heterocycles. The number of nitrogens with one attached hydrogen (secondary N) is 1. The zero-order valence-electron chi connectivity index (χ0n) is 14.8. The van der Waals surface area contributed by atoms with Crippen molar-refractivity contribution < 1.29 is 14.3 Å². The minimum Gasteiger partial charge on any atom is -0.495 e. The first-order valence-corrected chi connectivity index (χ1v) is 9.03. The number of hydrogen-bond donors (Lipinski definition) is 1. The molecular weight excluding hydrogens is 412 g/mol. The van der Waals surface area contributed by atoms with Crippen molar-refractivity contribution in [1.82, 2.24) is 4.98 Å². The number of nitriles is 1. The molecule has 1 aromatic heterocycles. The second kappa shape index (κ2) is 7.76. The van der Waals surface area contributed by atoms with Gasteiger partial charge in [0.1, 0.15) is 11.8 Å². The highest BCUT2D eigenvalue weighted by atomic mass is 79.9. The van der Waals surface area contributed by atoms with Crippen LogP contribution >= 0.6 is 15.9 Å². The summed E-state index contributed by atoms with van der Waals surface area (Å²) in [4.78, 5) is 30.8. The third-order valence-corrected chi connectivity index (χ3v) is 4.77. The fraction of sp³-hybridized carbons (Fsp3) is 0.263. The van der Waals surface area contributed by atoms with E-state index >= 15 is 0 Å². The number of amides is 2. The average molecular weight is 429 g/mol. The highest BCUT2D eigenvalue weighted by Gasteiger charge is 2.36. The molecule has 1 fully saturated rings. The van der Waals surface area contributed by atoms with Crippen LogP contribution in [0, 0.1) is 24.2 Å². The van der Waals surface area contributed by atoms with Gasteiger partial charge < -0.3 is 15.0 Å². The fourth-order valence-electron chi connectivity index (χ4n) is 2.97. The molecule has 7 nitrogen and oxygen atoms in total. The van der Waals surface area contributed by atoms with Crippen LogP contribution in [0.3, 0.4) is 0 Å². The van der Waals surface area contributed by atoms with Crippen LogP contribution in [-0.4, -0.2) is 30.5 Å². The van der Waals surface area contributed by atoms with Crippen LogP contribution < -0.4 is 15.0 Å². The SMILES string of the molecule is COc1ccc(C)cc1N1C[C@@H](C(=O)Nc2ncc(Br)cc2C#N)CC1=O. The van der Waals surface area contributed by atoms with Crippen molar-refractivity contribution in [2.24, 2.45) is 5.92 Å². The minimum absolute atomic E-state index is 0.0847. The number of aromatic nitrogens is 1. The van der Waals surface area contributed by atoms with Crippen molar-refractivity contribution in [3.63, 3.8) is 0 Å². The predicted molar refractivity (Wildman–Crippen MR) is 103 cm³/mol. The van der Waals surface area contributed by atoms with Crippen molar-refractivity contribution in [2.75, 3.05) is 23.9 Å². The molecule has 0 saturated carbocycles. The van der Waals surface area contributed by atoms with Crippen molar-refractivity contribution >= 4 is 39.2 Å². The quantitative estimate of drug-likeness (QED) is 0.806. The molecule has 0 spiro atoms. The van der Waals surface area contributed by atoms with Gasteiger partial charge in [0.25, 0.3) is 0 Å². The largest absolute Gasteiger partial charge is 0.495 e. The van der Waals surface area contributed by atoms with Crippen molar-refractivity contribution in [1.29, 1.82) is 5.26 Å². The number of halogens is 1. The molecule has 3 rings (SSSR count). The van der Waals surface area contributed by atoms with E-state index in [1.165, 1.54) is 6.20 Å². The van der Waals surface area contributed by atoms with Gasteiger partial charge in [0.15, 0.2) is 5.82 Å². The van der Waals surface area contributed by atoms with Gasteiger partial charge in [0.05, 0.1) is 24.3 Å². The highest BCUT2D eigenvalue weighted by Crippen LogP contribution is 2.34. The Morgan fingerprint density at radius 3 is 2.93 bits per heavy atom. The lowest BCUT2D eigenvalue weighted by molar-refractivity contribution is -0.122. The van der Waals surface area contributed by atoms with Gasteiger partial charge >= 0.3 is 0 Å².